The number of hydrogen-bond donors (Lipinski definition) is 0. The van der Waals surface area contributed by atoms with E-state index in [4.69, 9.17) is 0 Å². The van der Waals surface area contributed by atoms with Crippen LogP contribution in [-0.4, -0.2) is 23.1 Å². The second-order valence-electron chi connectivity index (χ2n) is 5.24. The maximum Gasteiger partial charge on any atom is 0.176 e. The van der Waals surface area contributed by atoms with E-state index in [1.807, 2.05) is 0 Å². The average molecular weight is 399 g/mol. The fraction of sp³-hybridized carbons (Fsp3) is 0.400. The van der Waals surface area contributed by atoms with Crippen LogP contribution in [0.2, 0.25) is 19.6 Å². The molecule has 3 nitrogen and oxygen atoms in total. The molecule has 2 rings (SSSR count). The first-order chi connectivity index (χ1) is 8.20. The molecule has 0 spiro atoms. The molecule has 0 saturated carbocycles. The molecule has 8 heteroatoms. The topological polar surface area (TPSA) is 30.7 Å². The molecule has 0 fully saturated rings. The Morgan fingerprint density at radius 3 is 1.72 bits per heavy atom. The summed E-state index contributed by atoms with van der Waals surface area (Å²) in [6.45, 7) is 6.52. The molecule has 18 heavy (non-hydrogen) atoms. The summed E-state index contributed by atoms with van der Waals surface area (Å²) < 4.78 is 27.1. The maximum atomic E-state index is 13.5. The molecule has 0 atom stereocenters. The molecule has 0 saturated heterocycles. The Bertz CT molecular complexity index is 577. The van der Waals surface area contributed by atoms with Crippen molar-refractivity contribution < 1.29 is 8.78 Å². The summed E-state index contributed by atoms with van der Waals surface area (Å²) in [5.74, 6) is -1.90. The molecule has 0 aliphatic carbocycles. The number of benzene rings is 1. The highest BCUT2D eigenvalue weighted by atomic mass is 79.9. The third-order valence-corrected chi connectivity index (χ3v) is 4.94. The van der Waals surface area contributed by atoms with Crippen molar-refractivity contribution in [3.63, 3.8) is 0 Å². The molecular formula is C10H11Br2F2N3Si. The van der Waals surface area contributed by atoms with Gasteiger partial charge in [0.05, 0.1) is 23.2 Å². The van der Waals surface area contributed by atoms with Crippen molar-refractivity contribution in [1.29, 1.82) is 0 Å². The van der Waals surface area contributed by atoms with Gasteiger partial charge in [-0.3, -0.25) is 0 Å². The molecule has 0 bridgehead atoms. The summed E-state index contributed by atoms with van der Waals surface area (Å²) >= 11 is 6.04. The Balaban J connectivity index is 2.65. The van der Waals surface area contributed by atoms with E-state index in [2.05, 4.69) is 61.7 Å². The summed E-state index contributed by atoms with van der Waals surface area (Å²) in [4.78, 5) is 1.52. The van der Waals surface area contributed by atoms with E-state index in [0.717, 1.165) is 0 Å². The Hall–Kier alpha value is -0.343. The Kier molecular flexibility index (Phi) is 3.63. The minimum absolute atomic E-state index is 0.0139. The van der Waals surface area contributed by atoms with Crippen molar-refractivity contribution in [2.24, 2.45) is 0 Å². The molecule has 0 aliphatic heterocycles. The molecule has 98 valence electrons. The summed E-state index contributed by atoms with van der Waals surface area (Å²) in [5, 5.41) is 8.43. The minimum Gasteiger partial charge on any atom is -0.202 e. The van der Waals surface area contributed by atoms with Crippen molar-refractivity contribution in [3.05, 3.63) is 20.6 Å². The Labute approximate surface area is 121 Å². The van der Waals surface area contributed by atoms with Gasteiger partial charge in [-0.2, -0.15) is 15.0 Å². The molecule has 1 aromatic heterocycles. The van der Waals surface area contributed by atoms with Crippen LogP contribution in [0.5, 0.6) is 0 Å². The van der Waals surface area contributed by atoms with Gasteiger partial charge in [-0.1, -0.05) is 19.6 Å². The Morgan fingerprint density at radius 1 is 1.00 bits per heavy atom. The fourth-order valence-corrected chi connectivity index (χ4v) is 3.41. The van der Waals surface area contributed by atoms with E-state index < -0.39 is 19.7 Å². The van der Waals surface area contributed by atoms with Gasteiger partial charge >= 0.3 is 0 Å². The lowest BCUT2D eigenvalue weighted by molar-refractivity contribution is 0.502. The van der Waals surface area contributed by atoms with Gasteiger partial charge < -0.3 is 0 Å². The Morgan fingerprint density at radius 2 is 1.39 bits per heavy atom. The van der Waals surface area contributed by atoms with Gasteiger partial charge in [-0.25, -0.2) is 8.78 Å². The van der Waals surface area contributed by atoms with Crippen molar-refractivity contribution >= 4 is 51.0 Å². The number of aromatic nitrogens is 3. The van der Waals surface area contributed by atoms with Crippen LogP contribution in [0.25, 0.3) is 11.0 Å². The van der Waals surface area contributed by atoms with Gasteiger partial charge in [0.15, 0.2) is 11.6 Å². The van der Waals surface area contributed by atoms with E-state index in [9.17, 15) is 8.78 Å². The first-order valence-electron chi connectivity index (χ1n) is 5.27. The lowest BCUT2D eigenvalue weighted by Gasteiger charge is -2.13. The molecule has 2 aromatic rings. The summed E-state index contributed by atoms with van der Waals surface area (Å²) in [7, 11) is -1.40. The first kappa shape index (κ1) is 14.1. The second kappa shape index (κ2) is 4.64. The van der Waals surface area contributed by atoms with Crippen molar-refractivity contribution in [3.8, 4) is 0 Å². The van der Waals surface area contributed by atoms with Crippen molar-refractivity contribution in [1.82, 2.24) is 15.0 Å². The van der Waals surface area contributed by atoms with E-state index in [0.29, 0.717) is 17.2 Å². The highest BCUT2D eigenvalue weighted by Crippen LogP contribution is 2.33. The molecule has 0 unspecified atom stereocenters. The maximum absolute atomic E-state index is 13.5. The zero-order valence-corrected chi connectivity index (χ0v) is 14.2. The van der Waals surface area contributed by atoms with Crippen LogP contribution in [0, 0.1) is 11.6 Å². The van der Waals surface area contributed by atoms with Crippen LogP contribution in [0.15, 0.2) is 8.95 Å². The van der Waals surface area contributed by atoms with Gasteiger partial charge in [-0.05, 0) is 31.9 Å². The van der Waals surface area contributed by atoms with Gasteiger partial charge in [0.25, 0.3) is 0 Å². The number of hydrogen-bond acceptors (Lipinski definition) is 2. The monoisotopic (exact) mass is 397 g/mol. The van der Waals surface area contributed by atoms with Crippen LogP contribution in [-0.2, 0) is 6.17 Å². The van der Waals surface area contributed by atoms with Gasteiger partial charge in [0.2, 0.25) is 0 Å². The SMILES string of the molecule is C[Si](C)(C)Cn1nc2c(Br)c(F)c(F)c(Br)c2n1. The van der Waals surface area contributed by atoms with Gasteiger partial charge in [0, 0.05) is 0 Å². The van der Waals surface area contributed by atoms with E-state index in [1.165, 1.54) is 4.80 Å². The standard InChI is InChI=1S/C10H11Br2F2N3Si/c1-18(2,3)4-17-15-9-5(11)7(13)8(14)6(12)10(9)16-17/h4H2,1-3H3. The van der Waals surface area contributed by atoms with Crippen LogP contribution in [0.1, 0.15) is 0 Å². The molecular weight excluding hydrogens is 388 g/mol. The number of fused-ring (bicyclic) bond motifs is 1. The van der Waals surface area contributed by atoms with Crippen LogP contribution < -0.4 is 0 Å². The smallest absolute Gasteiger partial charge is 0.176 e. The second-order valence-corrected chi connectivity index (χ2v) is 12.3. The summed E-state index contributed by atoms with van der Waals surface area (Å²) in [5.41, 5.74) is 0.665. The van der Waals surface area contributed by atoms with Crippen molar-refractivity contribution in [2.45, 2.75) is 25.8 Å². The normalized spacial score (nSPS) is 12.4. The van der Waals surface area contributed by atoms with Crippen LogP contribution in [0.3, 0.4) is 0 Å². The lowest BCUT2D eigenvalue weighted by atomic mass is 10.3. The average Bonchev–Trinajstić information content (AvgIpc) is 2.65. The molecule has 0 N–H and O–H groups in total. The largest absolute Gasteiger partial charge is 0.202 e. The fourth-order valence-electron chi connectivity index (χ4n) is 1.54. The highest BCUT2D eigenvalue weighted by molar-refractivity contribution is 9.11. The molecule has 0 aliphatic rings. The zero-order valence-electron chi connectivity index (χ0n) is 10.1. The summed E-state index contributed by atoms with van der Waals surface area (Å²) in [6.07, 6.45) is 0.698. The number of halogens is 4. The molecule has 1 aromatic carbocycles. The van der Waals surface area contributed by atoms with E-state index in [1.54, 1.807) is 0 Å². The predicted octanol–water partition coefficient (Wildman–Crippen LogP) is 4.11. The highest BCUT2D eigenvalue weighted by Gasteiger charge is 2.22. The van der Waals surface area contributed by atoms with Gasteiger partial charge in [0.1, 0.15) is 11.0 Å². The predicted molar refractivity (Wildman–Crippen MR) is 76.2 cm³/mol. The number of nitrogens with zero attached hydrogens (tertiary/aromatic N) is 3. The van der Waals surface area contributed by atoms with E-state index in [-0.39, 0.29) is 8.95 Å². The van der Waals surface area contributed by atoms with Crippen LogP contribution >= 0.6 is 31.9 Å². The first-order valence-corrected chi connectivity index (χ1v) is 10.6. The third-order valence-electron chi connectivity index (χ3n) is 2.26. The van der Waals surface area contributed by atoms with Crippen LogP contribution in [0.4, 0.5) is 8.78 Å². The molecule has 1 heterocycles. The lowest BCUT2D eigenvalue weighted by Crippen LogP contribution is -2.29. The zero-order chi connectivity index (χ0) is 13.7. The molecule has 0 amide bonds. The molecule has 0 radical (unpaired) electrons. The quantitative estimate of drug-likeness (QED) is 0.433. The minimum atomic E-state index is -1.40. The van der Waals surface area contributed by atoms with Crippen molar-refractivity contribution in [2.75, 3.05) is 0 Å². The number of rotatable bonds is 2. The van der Waals surface area contributed by atoms with Gasteiger partial charge in [-0.15, -0.1) is 0 Å². The van der Waals surface area contributed by atoms with E-state index >= 15 is 0 Å². The summed E-state index contributed by atoms with van der Waals surface area (Å²) in [6, 6.07) is 0. The third kappa shape index (κ3) is 2.50.